The van der Waals surface area contributed by atoms with Crippen molar-refractivity contribution in [1.82, 2.24) is 0 Å². The molecular weight excluding hydrogens is 202 g/mol. The summed E-state index contributed by atoms with van der Waals surface area (Å²) in [6, 6.07) is 2.20. The fourth-order valence-electron chi connectivity index (χ4n) is 2.73. The van der Waals surface area contributed by atoms with Gasteiger partial charge in [-0.1, -0.05) is 19.8 Å². The monoisotopic (exact) mass is 223 g/mol. The molecule has 84 valence electrons. The third-order valence-corrected chi connectivity index (χ3v) is 4.47. The summed E-state index contributed by atoms with van der Waals surface area (Å²) in [5, 5.41) is 4.36. The van der Waals surface area contributed by atoms with Crippen LogP contribution in [0.2, 0.25) is 0 Å². The molecule has 0 saturated heterocycles. The van der Waals surface area contributed by atoms with Crippen LogP contribution in [-0.2, 0) is 5.54 Å². The minimum absolute atomic E-state index is 0.00968. The molecule has 2 N–H and O–H groups in total. The Morgan fingerprint density at radius 1 is 1.47 bits per heavy atom. The van der Waals surface area contributed by atoms with Crippen LogP contribution in [0.1, 0.15) is 51.0 Å². The van der Waals surface area contributed by atoms with E-state index in [0.29, 0.717) is 0 Å². The van der Waals surface area contributed by atoms with Gasteiger partial charge < -0.3 is 5.73 Å². The standard InChI is InChI=1S/C13H21NS/c1-2-3-11-4-7-13(14,8-5-11)12-6-9-15-10-12/h6,9-11H,2-5,7-8,14H2,1H3. The zero-order chi connectivity index (χ0) is 10.7. The van der Waals surface area contributed by atoms with E-state index in [2.05, 4.69) is 23.8 Å². The number of thiophene rings is 1. The van der Waals surface area contributed by atoms with E-state index in [1.165, 1.54) is 44.1 Å². The van der Waals surface area contributed by atoms with Gasteiger partial charge in [-0.25, -0.2) is 0 Å². The third kappa shape index (κ3) is 2.43. The van der Waals surface area contributed by atoms with Crippen molar-refractivity contribution in [3.05, 3.63) is 22.4 Å². The van der Waals surface area contributed by atoms with Crippen LogP contribution in [0.3, 0.4) is 0 Å². The first kappa shape index (κ1) is 11.2. The first-order chi connectivity index (χ1) is 7.24. The fraction of sp³-hybridized carbons (Fsp3) is 0.692. The summed E-state index contributed by atoms with van der Waals surface area (Å²) in [6.45, 7) is 2.28. The number of hydrogen-bond acceptors (Lipinski definition) is 2. The molecule has 0 bridgehead atoms. The van der Waals surface area contributed by atoms with Crippen LogP contribution < -0.4 is 5.73 Å². The highest BCUT2D eigenvalue weighted by Gasteiger charge is 2.32. The molecule has 1 heterocycles. The van der Waals surface area contributed by atoms with E-state index in [1.807, 2.05) is 0 Å². The molecule has 1 aromatic rings. The highest BCUT2D eigenvalue weighted by molar-refractivity contribution is 7.08. The largest absolute Gasteiger partial charge is 0.321 e. The lowest BCUT2D eigenvalue weighted by molar-refractivity contribution is 0.227. The van der Waals surface area contributed by atoms with Gasteiger partial charge in [0.25, 0.3) is 0 Å². The second kappa shape index (κ2) is 4.67. The van der Waals surface area contributed by atoms with E-state index in [0.717, 1.165) is 5.92 Å². The van der Waals surface area contributed by atoms with Gasteiger partial charge in [-0.3, -0.25) is 0 Å². The Morgan fingerprint density at radius 2 is 2.20 bits per heavy atom. The maximum atomic E-state index is 6.49. The molecule has 2 heteroatoms. The minimum Gasteiger partial charge on any atom is -0.321 e. The van der Waals surface area contributed by atoms with E-state index in [4.69, 9.17) is 5.73 Å². The first-order valence-electron chi connectivity index (χ1n) is 6.06. The lowest BCUT2D eigenvalue weighted by Crippen LogP contribution is -2.40. The molecule has 1 aliphatic rings. The molecule has 0 radical (unpaired) electrons. The van der Waals surface area contributed by atoms with Crippen molar-refractivity contribution >= 4 is 11.3 Å². The fourth-order valence-corrected chi connectivity index (χ4v) is 3.49. The Bertz CT molecular complexity index is 283. The van der Waals surface area contributed by atoms with Crippen molar-refractivity contribution in [2.24, 2.45) is 11.7 Å². The van der Waals surface area contributed by atoms with Crippen LogP contribution in [0.15, 0.2) is 16.8 Å². The van der Waals surface area contributed by atoms with Crippen molar-refractivity contribution < 1.29 is 0 Å². The maximum Gasteiger partial charge on any atom is 0.0418 e. The smallest absolute Gasteiger partial charge is 0.0418 e. The Labute approximate surface area is 96.7 Å². The van der Waals surface area contributed by atoms with E-state index >= 15 is 0 Å². The SMILES string of the molecule is CCCC1CCC(N)(c2ccsc2)CC1. The first-order valence-corrected chi connectivity index (χ1v) is 7.00. The number of hydrogen-bond donors (Lipinski definition) is 1. The molecule has 0 amide bonds. The number of nitrogens with two attached hydrogens (primary N) is 1. The van der Waals surface area contributed by atoms with Crippen LogP contribution in [-0.4, -0.2) is 0 Å². The summed E-state index contributed by atoms with van der Waals surface area (Å²) in [5.41, 5.74) is 7.84. The van der Waals surface area contributed by atoms with Crippen LogP contribution in [0.25, 0.3) is 0 Å². The zero-order valence-electron chi connectivity index (χ0n) is 9.54. The molecular formula is C13H21NS. The van der Waals surface area contributed by atoms with Crippen molar-refractivity contribution in [3.63, 3.8) is 0 Å². The average Bonchev–Trinajstić information content (AvgIpc) is 2.76. The van der Waals surface area contributed by atoms with Gasteiger partial charge >= 0.3 is 0 Å². The van der Waals surface area contributed by atoms with Gasteiger partial charge in [-0.15, -0.1) is 0 Å². The number of rotatable bonds is 3. The lowest BCUT2D eigenvalue weighted by Gasteiger charge is -2.37. The molecule has 0 aliphatic heterocycles. The summed E-state index contributed by atoms with van der Waals surface area (Å²) < 4.78 is 0. The maximum absolute atomic E-state index is 6.49. The van der Waals surface area contributed by atoms with Gasteiger partial charge in [0.1, 0.15) is 0 Å². The van der Waals surface area contributed by atoms with E-state index in [9.17, 15) is 0 Å². The summed E-state index contributed by atoms with van der Waals surface area (Å²) >= 11 is 1.76. The molecule has 1 nitrogen and oxygen atoms in total. The molecule has 1 saturated carbocycles. The van der Waals surface area contributed by atoms with Gasteiger partial charge in [0, 0.05) is 5.54 Å². The molecule has 15 heavy (non-hydrogen) atoms. The van der Waals surface area contributed by atoms with E-state index < -0.39 is 0 Å². The van der Waals surface area contributed by atoms with E-state index in [1.54, 1.807) is 11.3 Å². The van der Waals surface area contributed by atoms with Crippen LogP contribution in [0, 0.1) is 5.92 Å². The molecule has 0 unspecified atom stereocenters. The van der Waals surface area contributed by atoms with Gasteiger partial charge in [0.15, 0.2) is 0 Å². The predicted molar refractivity (Wildman–Crippen MR) is 67.1 cm³/mol. The van der Waals surface area contributed by atoms with Crippen LogP contribution >= 0.6 is 11.3 Å². The highest BCUT2D eigenvalue weighted by Crippen LogP contribution is 2.39. The summed E-state index contributed by atoms with van der Waals surface area (Å²) in [7, 11) is 0. The Kier molecular flexibility index (Phi) is 3.47. The molecule has 1 aromatic heterocycles. The van der Waals surface area contributed by atoms with Crippen molar-refractivity contribution in [1.29, 1.82) is 0 Å². The van der Waals surface area contributed by atoms with Crippen LogP contribution in [0.4, 0.5) is 0 Å². The lowest BCUT2D eigenvalue weighted by atomic mass is 9.73. The Balaban J connectivity index is 1.97. The topological polar surface area (TPSA) is 26.0 Å². The van der Waals surface area contributed by atoms with Gasteiger partial charge in [-0.2, -0.15) is 11.3 Å². The van der Waals surface area contributed by atoms with Crippen molar-refractivity contribution in [3.8, 4) is 0 Å². The molecule has 2 rings (SSSR count). The quantitative estimate of drug-likeness (QED) is 0.826. The predicted octanol–water partition coefficient (Wildman–Crippen LogP) is 3.89. The van der Waals surface area contributed by atoms with E-state index in [-0.39, 0.29) is 5.54 Å². The second-order valence-corrected chi connectivity index (χ2v) is 5.68. The molecule has 0 aromatic carbocycles. The average molecular weight is 223 g/mol. The summed E-state index contributed by atoms with van der Waals surface area (Å²) in [5.74, 6) is 0.935. The third-order valence-electron chi connectivity index (χ3n) is 3.79. The van der Waals surface area contributed by atoms with Gasteiger partial charge in [0.2, 0.25) is 0 Å². The normalized spacial score (nSPS) is 31.7. The Morgan fingerprint density at radius 3 is 2.73 bits per heavy atom. The van der Waals surface area contributed by atoms with Crippen LogP contribution in [0.5, 0.6) is 0 Å². The molecule has 1 fully saturated rings. The zero-order valence-corrected chi connectivity index (χ0v) is 10.4. The van der Waals surface area contributed by atoms with Crippen molar-refractivity contribution in [2.45, 2.75) is 51.0 Å². The van der Waals surface area contributed by atoms with Crippen molar-refractivity contribution in [2.75, 3.05) is 0 Å². The molecule has 0 spiro atoms. The molecule has 0 atom stereocenters. The second-order valence-electron chi connectivity index (χ2n) is 4.90. The summed E-state index contributed by atoms with van der Waals surface area (Å²) in [6.07, 6.45) is 7.70. The molecule has 1 aliphatic carbocycles. The summed E-state index contributed by atoms with van der Waals surface area (Å²) in [4.78, 5) is 0. The van der Waals surface area contributed by atoms with Gasteiger partial charge in [0.05, 0.1) is 0 Å². The van der Waals surface area contributed by atoms with Gasteiger partial charge in [-0.05, 0) is 54.0 Å². The Hall–Kier alpha value is -0.340. The minimum atomic E-state index is -0.00968. The highest BCUT2D eigenvalue weighted by atomic mass is 32.1.